The summed E-state index contributed by atoms with van der Waals surface area (Å²) >= 11 is 0. The number of ether oxygens (including phenoxy) is 1. The fourth-order valence-electron chi connectivity index (χ4n) is 3.39. The van der Waals surface area contributed by atoms with E-state index in [1.165, 1.54) is 12.1 Å². The number of hydrogen-bond donors (Lipinski definition) is 2. The highest BCUT2D eigenvalue weighted by Gasteiger charge is 2.35. The normalized spacial score (nSPS) is 15.5. The molecule has 0 bridgehead atoms. The van der Waals surface area contributed by atoms with Gasteiger partial charge in [0.05, 0.1) is 16.4 Å². The van der Waals surface area contributed by atoms with Crippen LogP contribution in [0.25, 0.3) is 0 Å². The molecule has 0 saturated carbocycles. The van der Waals surface area contributed by atoms with Gasteiger partial charge in [-0.25, -0.2) is 0 Å². The molecule has 138 valence electrons. The number of aromatic amines is 1. The van der Waals surface area contributed by atoms with Crippen LogP contribution in [0.15, 0.2) is 66.1 Å². The molecule has 1 aliphatic heterocycles. The first-order chi connectivity index (χ1) is 13.6. The summed E-state index contributed by atoms with van der Waals surface area (Å²) in [6, 6.07) is 18.0. The molecule has 1 atom stereocenters. The summed E-state index contributed by atoms with van der Waals surface area (Å²) in [5.74, 6) is -0.380. The lowest BCUT2D eigenvalue weighted by Crippen LogP contribution is -2.21. The summed E-state index contributed by atoms with van der Waals surface area (Å²) in [6.45, 7) is 0. The third-order valence-corrected chi connectivity index (χ3v) is 4.66. The van der Waals surface area contributed by atoms with E-state index in [1.54, 1.807) is 12.1 Å². The zero-order chi connectivity index (χ0) is 19.7. The second-order valence-electron chi connectivity index (χ2n) is 6.36. The maximum absolute atomic E-state index is 11.2. The molecular formula is C20H15N5O3. The first-order valence-corrected chi connectivity index (χ1v) is 8.51. The van der Waals surface area contributed by atoms with Crippen molar-refractivity contribution >= 4 is 5.69 Å². The SMILES string of the molecule is N#CC1=C(N)Oc2n[nH]c(Cc3ccccc3)c2C1c1cccc([N+](=O)[O-])c1. The lowest BCUT2D eigenvalue weighted by molar-refractivity contribution is -0.384. The van der Waals surface area contributed by atoms with Crippen LogP contribution in [0.4, 0.5) is 5.69 Å². The number of aromatic nitrogens is 2. The molecule has 0 radical (unpaired) electrons. The van der Waals surface area contributed by atoms with Crippen molar-refractivity contribution < 1.29 is 9.66 Å². The van der Waals surface area contributed by atoms with Crippen molar-refractivity contribution in [2.24, 2.45) is 5.73 Å². The van der Waals surface area contributed by atoms with E-state index in [9.17, 15) is 15.4 Å². The van der Waals surface area contributed by atoms with Crippen LogP contribution in [0.5, 0.6) is 5.88 Å². The Bertz CT molecular complexity index is 1130. The van der Waals surface area contributed by atoms with Gasteiger partial charge in [-0.3, -0.25) is 15.2 Å². The summed E-state index contributed by atoms with van der Waals surface area (Å²) < 4.78 is 5.54. The highest BCUT2D eigenvalue weighted by molar-refractivity contribution is 5.57. The minimum Gasteiger partial charge on any atom is -0.420 e. The number of nitrogens with one attached hydrogen (secondary N) is 1. The quantitative estimate of drug-likeness (QED) is 0.533. The molecule has 1 unspecified atom stereocenters. The molecule has 2 aromatic carbocycles. The van der Waals surface area contributed by atoms with Gasteiger partial charge in [0.1, 0.15) is 11.6 Å². The maximum Gasteiger partial charge on any atom is 0.269 e. The first kappa shape index (κ1) is 17.3. The predicted molar refractivity (Wildman–Crippen MR) is 100 cm³/mol. The average molecular weight is 373 g/mol. The van der Waals surface area contributed by atoms with E-state index in [0.29, 0.717) is 17.5 Å². The largest absolute Gasteiger partial charge is 0.420 e. The van der Waals surface area contributed by atoms with E-state index in [4.69, 9.17) is 10.5 Å². The van der Waals surface area contributed by atoms with Gasteiger partial charge >= 0.3 is 0 Å². The molecule has 28 heavy (non-hydrogen) atoms. The van der Waals surface area contributed by atoms with Crippen LogP contribution in [0.1, 0.15) is 28.3 Å². The van der Waals surface area contributed by atoms with Gasteiger partial charge in [-0.1, -0.05) is 42.5 Å². The Hall–Kier alpha value is -4.12. The number of allylic oxidation sites excluding steroid dienone is 1. The Morgan fingerprint density at radius 3 is 2.75 bits per heavy atom. The minimum atomic E-state index is -0.605. The second-order valence-corrected chi connectivity index (χ2v) is 6.36. The number of benzene rings is 2. The van der Waals surface area contributed by atoms with Crippen molar-refractivity contribution in [1.29, 1.82) is 5.26 Å². The van der Waals surface area contributed by atoms with Crippen LogP contribution in [0.3, 0.4) is 0 Å². The van der Waals surface area contributed by atoms with Gasteiger partial charge in [0.15, 0.2) is 0 Å². The van der Waals surface area contributed by atoms with E-state index >= 15 is 0 Å². The fourth-order valence-corrected chi connectivity index (χ4v) is 3.39. The summed E-state index contributed by atoms with van der Waals surface area (Å²) in [4.78, 5) is 10.7. The van der Waals surface area contributed by atoms with Gasteiger partial charge in [0, 0.05) is 24.2 Å². The van der Waals surface area contributed by atoms with E-state index < -0.39 is 10.8 Å². The van der Waals surface area contributed by atoms with Gasteiger partial charge in [-0.05, 0) is 11.1 Å². The molecule has 0 fully saturated rings. The average Bonchev–Trinajstić information content (AvgIpc) is 3.09. The van der Waals surface area contributed by atoms with E-state index in [-0.39, 0.29) is 23.0 Å². The minimum absolute atomic E-state index is 0.0516. The summed E-state index contributed by atoms with van der Waals surface area (Å²) in [7, 11) is 0. The van der Waals surface area contributed by atoms with Gasteiger partial charge in [-0.15, -0.1) is 5.10 Å². The second kappa shape index (κ2) is 6.89. The predicted octanol–water partition coefficient (Wildman–Crippen LogP) is 3.13. The van der Waals surface area contributed by atoms with Crippen LogP contribution < -0.4 is 10.5 Å². The first-order valence-electron chi connectivity index (χ1n) is 8.51. The van der Waals surface area contributed by atoms with Crippen molar-refractivity contribution in [2.45, 2.75) is 12.3 Å². The Morgan fingerprint density at radius 1 is 1.25 bits per heavy atom. The molecular weight excluding hydrogens is 358 g/mol. The third-order valence-electron chi connectivity index (χ3n) is 4.66. The van der Waals surface area contributed by atoms with E-state index in [1.807, 2.05) is 30.3 Å². The zero-order valence-corrected chi connectivity index (χ0v) is 14.6. The number of fused-ring (bicyclic) bond motifs is 1. The highest BCUT2D eigenvalue weighted by atomic mass is 16.6. The lowest BCUT2D eigenvalue weighted by atomic mass is 9.83. The van der Waals surface area contributed by atoms with Gasteiger partial charge in [-0.2, -0.15) is 5.26 Å². The Kier molecular flexibility index (Phi) is 4.26. The van der Waals surface area contributed by atoms with Crippen LogP contribution in [0.2, 0.25) is 0 Å². The monoisotopic (exact) mass is 373 g/mol. The Balaban J connectivity index is 1.86. The number of H-pyrrole nitrogens is 1. The lowest BCUT2D eigenvalue weighted by Gasteiger charge is -2.24. The number of nitro benzene ring substituents is 1. The van der Waals surface area contributed by atoms with Gasteiger partial charge in [0.25, 0.3) is 5.69 Å². The molecule has 1 aliphatic rings. The van der Waals surface area contributed by atoms with Gasteiger partial charge in [0.2, 0.25) is 11.8 Å². The Labute approximate surface area is 160 Å². The fraction of sp³-hybridized carbons (Fsp3) is 0.100. The van der Waals surface area contributed by atoms with Crippen molar-refractivity contribution in [3.05, 3.63) is 98.6 Å². The molecule has 2 heterocycles. The van der Waals surface area contributed by atoms with Crippen LogP contribution in [-0.2, 0) is 6.42 Å². The molecule has 0 aliphatic carbocycles. The van der Waals surface area contributed by atoms with Crippen molar-refractivity contribution in [3.63, 3.8) is 0 Å². The van der Waals surface area contributed by atoms with E-state index in [0.717, 1.165) is 11.3 Å². The molecule has 4 rings (SSSR count). The third kappa shape index (κ3) is 2.95. The Morgan fingerprint density at radius 2 is 2.04 bits per heavy atom. The number of nitrogens with zero attached hydrogens (tertiary/aromatic N) is 3. The number of hydrogen-bond acceptors (Lipinski definition) is 6. The smallest absolute Gasteiger partial charge is 0.269 e. The highest BCUT2D eigenvalue weighted by Crippen LogP contribution is 2.43. The summed E-state index contributed by atoms with van der Waals surface area (Å²) in [6.07, 6.45) is 0.538. The maximum atomic E-state index is 11.2. The molecule has 8 nitrogen and oxygen atoms in total. The van der Waals surface area contributed by atoms with Crippen molar-refractivity contribution in [1.82, 2.24) is 10.2 Å². The van der Waals surface area contributed by atoms with Gasteiger partial charge < -0.3 is 10.5 Å². The number of nitriles is 1. The van der Waals surface area contributed by atoms with Crippen LogP contribution >= 0.6 is 0 Å². The number of nitrogens with two attached hydrogens (primary N) is 1. The summed E-state index contributed by atoms with van der Waals surface area (Å²) in [5.41, 5.74) is 9.13. The topological polar surface area (TPSA) is 131 Å². The molecule has 0 spiro atoms. The number of nitro groups is 1. The molecule has 1 aromatic heterocycles. The molecule has 3 aromatic rings. The standard InChI is InChI=1S/C20H15N5O3/c21-11-15-17(13-7-4-8-14(10-13)25(26)27)18-16(9-12-5-2-1-3-6-12)23-24-20(18)28-19(15)22/h1-8,10,17H,9,22H2,(H,23,24). The number of rotatable bonds is 4. The van der Waals surface area contributed by atoms with Crippen LogP contribution in [0, 0.1) is 21.4 Å². The number of non-ortho nitro benzene ring substituents is 1. The molecule has 8 heteroatoms. The van der Waals surface area contributed by atoms with E-state index in [2.05, 4.69) is 16.3 Å². The van der Waals surface area contributed by atoms with Crippen molar-refractivity contribution in [3.8, 4) is 11.9 Å². The summed E-state index contributed by atoms with van der Waals surface area (Å²) in [5, 5.41) is 28.1. The molecule has 0 amide bonds. The van der Waals surface area contributed by atoms with Crippen molar-refractivity contribution in [2.75, 3.05) is 0 Å². The molecule has 0 saturated heterocycles. The zero-order valence-electron chi connectivity index (χ0n) is 14.6. The van der Waals surface area contributed by atoms with Crippen LogP contribution in [-0.4, -0.2) is 15.1 Å². The molecule has 3 N–H and O–H groups in total.